The van der Waals surface area contributed by atoms with Gasteiger partial charge in [0, 0.05) is 11.0 Å². The highest BCUT2D eigenvalue weighted by Crippen LogP contribution is 2.37. The second-order valence-electron chi connectivity index (χ2n) is 5.22. The van der Waals surface area contributed by atoms with Crippen LogP contribution in [0.15, 0.2) is 27.9 Å². The lowest BCUT2D eigenvalue weighted by atomic mass is 9.88. The molecule has 2 aromatic heterocycles. The van der Waals surface area contributed by atoms with E-state index in [-0.39, 0.29) is 26.2 Å². The molecule has 1 aliphatic rings. The molecule has 0 bridgehead atoms. The van der Waals surface area contributed by atoms with Gasteiger partial charge < -0.3 is 16.2 Å². The van der Waals surface area contributed by atoms with Crippen LogP contribution in [0.1, 0.15) is 10.8 Å². The molecule has 0 fully saturated rings. The fraction of sp³-hybridized carbons (Fsp3) is 0.125. The third-order valence-electron chi connectivity index (χ3n) is 3.81. The van der Waals surface area contributed by atoms with Crippen molar-refractivity contribution in [3.05, 3.63) is 47.5 Å². The Hall–Kier alpha value is -3.16. The van der Waals surface area contributed by atoms with Crippen LogP contribution in [0.4, 0.5) is 0 Å². The van der Waals surface area contributed by atoms with Crippen LogP contribution in [-0.4, -0.2) is 23.6 Å². The quantitative estimate of drug-likeness (QED) is 0.647. The average Bonchev–Trinajstić information content (AvgIpc) is 3.23. The van der Waals surface area contributed by atoms with Gasteiger partial charge in [-0.1, -0.05) is 6.07 Å². The van der Waals surface area contributed by atoms with E-state index < -0.39 is 23.4 Å². The van der Waals surface area contributed by atoms with Crippen LogP contribution in [0.25, 0.3) is 17.5 Å². The molecular weight excluding hydrogens is 376 g/mol. The molecule has 3 heterocycles. The summed E-state index contributed by atoms with van der Waals surface area (Å²) in [6.45, 7) is 0. The van der Waals surface area contributed by atoms with Gasteiger partial charge in [0.25, 0.3) is 5.56 Å². The number of thiazole rings is 1. The zero-order valence-corrected chi connectivity index (χ0v) is 15.0. The number of carbonyl (C=O) groups excluding carboxylic acids is 2. The summed E-state index contributed by atoms with van der Waals surface area (Å²) in [6.07, 6.45) is 1.01. The molecule has 0 aromatic carbocycles. The number of amides is 1. The first-order chi connectivity index (χ1) is 12.4. The molecule has 2 aromatic rings. The Morgan fingerprint density at radius 2 is 2.19 bits per heavy atom. The van der Waals surface area contributed by atoms with Gasteiger partial charge in [-0.05, 0) is 11.4 Å². The number of esters is 1. The second kappa shape index (κ2) is 6.62. The van der Waals surface area contributed by atoms with Gasteiger partial charge in [0.15, 0.2) is 0 Å². The maximum absolute atomic E-state index is 12.6. The van der Waals surface area contributed by atoms with Gasteiger partial charge in [-0.3, -0.25) is 14.2 Å². The molecule has 1 amide bonds. The van der Waals surface area contributed by atoms with Crippen LogP contribution in [0.3, 0.4) is 0 Å². The van der Waals surface area contributed by atoms with E-state index in [4.69, 9.17) is 11.5 Å². The Morgan fingerprint density at radius 3 is 2.73 bits per heavy atom. The minimum Gasteiger partial charge on any atom is -0.466 e. The summed E-state index contributed by atoms with van der Waals surface area (Å²) in [5.41, 5.74) is 11.2. The molecule has 0 saturated heterocycles. The highest BCUT2D eigenvalue weighted by Gasteiger charge is 2.35. The number of primary amides is 1. The number of hydrogen-bond donors (Lipinski definition) is 2. The van der Waals surface area contributed by atoms with E-state index in [0.29, 0.717) is 4.88 Å². The number of nitrogens with two attached hydrogens (primary N) is 2. The van der Waals surface area contributed by atoms with Crippen LogP contribution in [-0.2, 0) is 14.3 Å². The van der Waals surface area contributed by atoms with Crippen LogP contribution < -0.4 is 26.2 Å². The van der Waals surface area contributed by atoms with Crippen LogP contribution in [0.2, 0.25) is 0 Å². The predicted molar refractivity (Wildman–Crippen MR) is 97.0 cm³/mol. The van der Waals surface area contributed by atoms with Gasteiger partial charge in [0.2, 0.25) is 5.91 Å². The summed E-state index contributed by atoms with van der Waals surface area (Å²) in [5, 5.41) is 11.4. The highest BCUT2D eigenvalue weighted by molar-refractivity contribution is 7.10. The highest BCUT2D eigenvalue weighted by atomic mass is 32.1. The van der Waals surface area contributed by atoms with E-state index in [9.17, 15) is 19.6 Å². The molecular formula is C16H12N4O4S2. The minimum atomic E-state index is -0.775. The lowest BCUT2D eigenvalue weighted by Crippen LogP contribution is -2.40. The summed E-state index contributed by atoms with van der Waals surface area (Å²) in [6, 6.07) is 5.51. The fourth-order valence-electron chi connectivity index (χ4n) is 2.69. The fourth-order valence-corrected chi connectivity index (χ4v) is 4.68. The number of fused-ring (bicyclic) bond motifs is 1. The maximum Gasteiger partial charge on any atom is 0.332 e. The van der Waals surface area contributed by atoms with Crippen molar-refractivity contribution in [2.75, 3.05) is 7.11 Å². The van der Waals surface area contributed by atoms with Crippen LogP contribution >= 0.6 is 22.7 Å². The number of ether oxygens (including phenoxy) is 1. The SMILES string of the molecule is COC(=O)/C=c1/sc2n(c1=O)C(N)=C(C#N)C(c1cccs1)C=2C(N)=O. The molecule has 132 valence electrons. The number of nitrogens with zero attached hydrogens (tertiary/aromatic N) is 2. The first kappa shape index (κ1) is 17.7. The number of hydrogen-bond acceptors (Lipinski definition) is 8. The van der Waals surface area contributed by atoms with E-state index in [2.05, 4.69) is 4.74 Å². The van der Waals surface area contributed by atoms with E-state index in [1.54, 1.807) is 17.5 Å². The van der Waals surface area contributed by atoms with Crippen molar-refractivity contribution in [1.29, 1.82) is 5.26 Å². The van der Waals surface area contributed by atoms with E-state index in [0.717, 1.165) is 22.0 Å². The number of rotatable bonds is 3. The number of aromatic nitrogens is 1. The molecule has 1 aliphatic heterocycles. The molecule has 4 N–H and O–H groups in total. The maximum atomic E-state index is 12.6. The number of allylic oxidation sites excluding steroid dienone is 1. The van der Waals surface area contributed by atoms with Crippen molar-refractivity contribution in [3.63, 3.8) is 0 Å². The molecule has 0 radical (unpaired) electrons. The largest absolute Gasteiger partial charge is 0.466 e. The van der Waals surface area contributed by atoms with Gasteiger partial charge >= 0.3 is 5.97 Å². The Morgan fingerprint density at radius 1 is 1.46 bits per heavy atom. The van der Waals surface area contributed by atoms with E-state index in [1.165, 1.54) is 18.4 Å². The third kappa shape index (κ3) is 2.63. The molecule has 0 saturated carbocycles. The van der Waals surface area contributed by atoms with Crippen molar-refractivity contribution in [3.8, 4) is 6.07 Å². The third-order valence-corrected chi connectivity index (χ3v) is 5.86. The molecule has 3 rings (SSSR count). The van der Waals surface area contributed by atoms with Crippen molar-refractivity contribution in [2.24, 2.45) is 11.5 Å². The van der Waals surface area contributed by atoms with Gasteiger partial charge in [-0.25, -0.2) is 4.79 Å². The van der Waals surface area contributed by atoms with Gasteiger partial charge in [0.05, 0.1) is 30.2 Å². The molecule has 8 nitrogen and oxygen atoms in total. The van der Waals surface area contributed by atoms with E-state index in [1.807, 2.05) is 6.07 Å². The van der Waals surface area contributed by atoms with Gasteiger partial charge in [-0.2, -0.15) is 5.26 Å². The van der Waals surface area contributed by atoms with Crippen molar-refractivity contribution < 1.29 is 14.3 Å². The van der Waals surface area contributed by atoms with Gasteiger partial charge in [-0.15, -0.1) is 22.7 Å². The number of methoxy groups -OCH3 is 1. The zero-order valence-electron chi connectivity index (χ0n) is 13.4. The predicted octanol–water partition coefficient (Wildman–Crippen LogP) is -0.991. The Balaban J connectivity index is 2.49. The summed E-state index contributed by atoms with van der Waals surface area (Å²) >= 11 is 2.23. The molecule has 26 heavy (non-hydrogen) atoms. The minimum absolute atomic E-state index is 0.0256. The lowest BCUT2D eigenvalue weighted by Gasteiger charge is -2.22. The number of nitriles is 1. The molecule has 0 aliphatic carbocycles. The Bertz CT molecular complexity index is 1160. The monoisotopic (exact) mass is 388 g/mol. The van der Waals surface area contributed by atoms with Crippen molar-refractivity contribution in [2.45, 2.75) is 5.92 Å². The summed E-state index contributed by atoms with van der Waals surface area (Å²) in [5.74, 6) is -2.35. The topological polar surface area (TPSA) is 141 Å². The number of carbonyl (C=O) groups is 2. The van der Waals surface area contributed by atoms with Gasteiger partial charge in [0.1, 0.15) is 15.0 Å². The lowest BCUT2D eigenvalue weighted by molar-refractivity contribution is -0.133. The van der Waals surface area contributed by atoms with E-state index >= 15 is 0 Å². The zero-order chi connectivity index (χ0) is 19.0. The average molecular weight is 388 g/mol. The van der Waals surface area contributed by atoms with Crippen molar-refractivity contribution >= 4 is 52.0 Å². The number of thiophene rings is 1. The Labute approximate surface area is 154 Å². The van der Waals surface area contributed by atoms with Crippen LogP contribution in [0, 0.1) is 11.3 Å². The summed E-state index contributed by atoms with van der Waals surface area (Å²) in [7, 11) is 1.18. The standard InChI is InChI=1S/C16H12N4O4S2/c1-24-10(21)5-9-15(23)20-13(18)7(6-17)11(8-3-2-4-25-8)12(14(19)22)16(20)26-9/h2-5,11H,18H2,1H3,(H2,19,22)/b9-5+. The molecule has 1 atom stereocenters. The smallest absolute Gasteiger partial charge is 0.332 e. The molecule has 1 unspecified atom stereocenters. The Kier molecular flexibility index (Phi) is 4.50. The second-order valence-corrected chi connectivity index (χ2v) is 7.23. The summed E-state index contributed by atoms with van der Waals surface area (Å²) in [4.78, 5) is 37.0. The van der Waals surface area contributed by atoms with Crippen LogP contribution in [0.5, 0.6) is 0 Å². The first-order valence-electron chi connectivity index (χ1n) is 7.19. The molecule has 0 spiro atoms. The van der Waals surface area contributed by atoms with Crippen molar-refractivity contribution in [1.82, 2.24) is 4.57 Å². The molecule has 10 heteroatoms. The normalized spacial score (nSPS) is 17.0. The first-order valence-corrected chi connectivity index (χ1v) is 8.89. The summed E-state index contributed by atoms with van der Waals surface area (Å²) < 4.78 is 5.81.